The molecule has 0 saturated heterocycles. The molecule has 0 N–H and O–H groups in total. The van der Waals surface area contributed by atoms with Crippen LogP contribution in [0, 0.1) is 0 Å². The maximum Gasteiger partial charge on any atom is 0.144 e. The van der Waals surface area contributed by atoms with Crippen molar-refractivity contribution in [3.8, 4) is 11.5 Å². The van der Waals surface area contributed by atoms with Crippen LogP contribution in [0.4, 0.5) is 0 Å². The first-order valence-corrected chi connectivity index (χ1v) is 26.2. The van der Waals surface area contributed by atoms with Gasteiger partial charge < -0.3 is 9.47 Å². The molecule has 9 aromatic carbocycles. The highest BCUT2D eigenvalue weighted by Gasteiger charge is 2.49. The van der Waals surface area contributed by atoms with E-state index in [4.69, 9.17) is 9.47 Å². The number of benzene rings is 9. The Bertz CT molecular complexity index is 2630. The summed E-state index contributed by atoms with van der Waals surface area (Å²) >= 11 is 0. The van der Waals surface area contributed by atoms with E-state index < -0.39 is 14.5 Å². The lowest BCUT2D eigenvalue weighted by atomic mass is 9.95. The van der Waals surface area contributed by atoms with Crippen LogP contribution in [0.5, 0.6) is 11.5 Å². The fourth-order valence-electron chi connectivity index (χ4n) is 10.4. The van der Waals surface area contributed by atoms with Gasteiger partial charge in [0.05, 0.1) is 0 Å². The summed E-state index contributed by atoms with van der Waals surface area (Å²) in [5, 5.41) is 10.7. The van der Waals surface area contributed by atoms with E-state index in [0.29, 0.717) is 25.0 Å². The predicted octanol–water partition coefficient (Wildman–Crippen LogP) is 11.2. The van der Waals surface area contributed by atoms with E-state index in [0.717, 1.165) is 29.0 Å². The third-order valence-corrected chi connectivity index (χ3v) is 21.9. The van der Waals surface area contributed by atoms with Crippen molar-refractivity contribution in [2.75, 3.05) is 0 Å². The Balaban J connectivity index is 0.856. The average Bonchev–Trinajstić information content (AvgIpc) is 4.03. The van der Waals surface area contributed by atoms with Crippen molar-refractivity contribution >= 4 is 57.0 Å². The Kier molecular flexibility index (Phi) is 11.3. The number of hydrogen-bond acceptors (Lipinski definition) is 2. The second kappa shape index (κ2) is 18.0. The molecule has 2 aliphatic rings. The highest BCUT2D eigenvalue weighted by Crippen LogP contribution is 2.57. The SMILES string of the molecule is C1=CC2CC1c1c(OCc3ccc([P+](c4ccccc4)(c4ccccc4)c4ccccc4)cc3)ccc(OCc3ccc([P+](c4ccccc4)(c4ccccc4)c4ccccc4)cc3)c12. The van der Waals surface area contributed by atoms with Crippen LogP contribution in [0.3, 0.4) is 0 Å². The molecule has 9 aromatic rings. The molecule has 2 unspecified atom stereocenters. The third kappa shape index (κ3) is 7.42. The minimum atomic E-state index is -2.17. The Morgan fingerprint density at radius 3 is 0.800 bits per heavy atom. The molecule has 0 fully saturated rings. The summed E-state index contributed by atoms with van der Waals surface area (Å²) in [5.74, 6) is 2.60. The van der Waals surface area contributed by atoms with Gasteiger partial charge in [0.15, 0.2) is 0 Å². The van der Waals surface area contributed by atoms with Crippen LogP contribution in [0.15, 0.2) is 255 Å². The molecule has 2 atom stereocenters. The van der Waals surface area contributed by atoms with Crippen molar-refractivity contribution in [3.05, 3.63) is 277 Å². The van der Waals surface area contributed by atoms with E-state index in [2.05, 4.69) is 255 Å². The van der Waals surface area contributed by atoms with Crippen molar-refractivity contribution in [2.45, 2.75) is 31.5 Å². The van der Waals surface area contributed by atoms with Gasteiger partial charge in [0.25, 0.3) is 0 Å². The zero-order valence-corrected chi connectivity index (χ0v) is 38.0. The minimum Gasteiger partial charge on any atom is -0.489 e. The van der Waals surface area contributed by atoms with E-state index in [9.17, 15) is 0 Å². The van der Waals surface area contributed by atoms with Gasteiger partial charge in [-0.05, 0) is 127 Å². The average molecular weight is 877 g/mol. The number of hydrogen-bond donors (Lipinski definition) is 0. The summed E-state index contributed by atoms with van der Waals surface area (Å²) in [6.45, 7) is 0.986. The van der Waals surface area contributed by atoms with Gasteiger partial charge in [0, 0.05) is 23.0 Å². The first kappa shape index (κ1) is 40.9. The molecule has 0 radical (unpaired) electrons. The number of rotatable bonds is 14. The highest BCUT2D eigenvalue weighted by molar-refractivity contribution is 8.02. The molecule has 11 rings (SSSR count). The second-order valence-electron chi connectivity index (χ2n) is 17.0. The summed E-state index contributed by atoms with van der Waals surface area (Å²) in [6, 6.07) is 89.0. The summed E-state index contributed by atoms with van der Waals surface area (Å²) in [4.78, 5) is 0. The third-order valence-electron chi connectivity index (χ3n) is 13.3. The molecule has 0 heterocycles. The number of allylic oxidation sites excluding steroid dienone is 2. The van der Waals surface area contributed by atoms with Gasteiger partial charge in [-0.15, -0.1) is 0 Å². The largest absolute Gasteiger partial charge is 0.489 e. The number of fused-ring (bicyclic) bond motifs is 5. The van der Waals surface area contributed by atoms with Gasteiger partial charge in [-0.1, -0.05) is 146 Å². The molecule has 65 heavy (non-hydrogen) atoms. The predicted molar refractivity (Wildman–Crippen MR) is 277 cm³/mol. The maximum atomic E-state index is 6.76. The van der Waals surface area contributed by atoms with Gasteiger partial charge in [-0.2, -0.15) is 0 Å². The lowest BCUT2D eigenvalue weighted by molar-refractivity contribution is 0.293. The normalized spacial score (nSPS) is 15.1. The molecule has 0 aliphatic heterocycles. The molecule has 2 bridgehead atoms. The molecule has 2 nitrogen and oxygen atoms in total. The lowest BCUT2D eigenvalue weighted by Crippen LogP contribution is -2.38. The van der Waals surface area contributed by atoms with Crippen LogP contribution < -0.4 is 51.9 Å². The van der Waals surface area contributed by atoms with Gasteiger partial charge in [-0.3, -0.25) is 0 Å². The van der Waals surface area contributed by atoms with Crippen LogP contribution in [-0.2, 0) is 13.2 Å². The van der Waals surface area contributed by atoms with Gasteiger partial charge in [0.1, 0.15) is 81.7 Å². The highest BCUT2D eigenvalue weighted by atomic mass is 31.2. The molecule has 314 valence electrons. The summed E-state index contributed by atoms with van der Waals surface area (Å²) in [7, 11) is -4.33. The molecule has 0 amide bonds. The molecule has 0 aromatic heterocycles. The van der Waals surface area contributed by atoms with Crippen LogP contribution in [0.2, 0.25) is 0 Å². The van der Waals surface area contributed by atoms with Crippen molar-refractivity contribution in [1.82, 2.24) is 0 Å². The minimum absolute atomic E-state index is 0.342. The van der Waals surface area contributed by atoms with E-state index in [1.165, 1.54) is 53.6 Å². The Labute approximate surface area is 384 Å². The molecule has 0 spiro atoms. The van der Waals surface area contributed by atoms with Crippen molar-refractivity contribution in [1.29, 1.82) is 0 Å². The van der Waals surface area contributed by atoms with E-state index in [1.807, 2.05) is 0 Å². The standard InChI is InChI=1S/C61H50O2P2/c1-7-19-50(20-8-1)64(51-21-9-2-10-22-51,52-23-11-3-12-24-52)56-37-31-46(32-38-56)44-62-58-41-42-59(61-49-36-35-48(43-49)60(58)61)63-45-47-33-39-57(40-34-47)65(53-25-13-4-14-26-53,54-27-15-5-16-28-54)55-29-17-6-18-30-55/h1-42,48-49H,43-45H2/q+2. The van der Waals surface area contributed by atoms with E-state index in [-0.39, 0.29) is 0 Å². The van der Waals surface area contributed by atoms with Crippen molar-refractivity contribution in [3.63, 3.8) is 0 Å². The van der Waals surface area contributed by atoms with Crippen molar-refractivity contribution in [2.24, 2.45) is 0 Å². The van der Waals surface area contributed by atoms with Gasteiger partial charge in [-0.25, -0.2) is 0 Å². The van der Waals surface area contributed by atoms with Crippen LogP contribution in [-0.4, -0.2) is 0 Å². The second-order valence-corrected chi connectivity index (χ2v) is 23.8. The zero-order chi connectivity index (χ0) is 43.5. The first-order valence-electron chi connectivity index (χ1n) is 22.6. The Morgan fingerprint density at radius 2 is 0.538 bits per heavy atom. The van der Waals surface area contributed by atoms with Crippen molar-refractivity contribution < 1.29 is 9.47 Å². The molecule has 4 heteroatoms. The molecular weight excluding hydrogens is 827 g/mol. The first-order chi connectivity index (χ1) is 32.2. The van der Waals surface area contributed by atoms with Gasteiger partial charge >= 0.3 is 0 Å². The topological polar surface area (TPSA) is 18.5 Å². The van der Waals surface area contributed by atoms with Gasteiger partial charge in [0.2, 0.25) is 0 Å². The van der Waals surface area contributed by atoms with Crippen LogP contribution >= 0.6 is 14.5 Å². The summed E-state index contributed by atoms with van der Waals surface area (Å²) in [5.41, 5.74) is 4.87. The number of ether oxygens (including phenoxy) is 2. The fraction of sp³-hybridized carbons (Fsp3) is 0.0820. The van der Waals surface area contributed by atoms with Crippen LogP contribution in [0.25, 0.3) is 0 Å². The summed E-state index contributed by atoms with van der Waals surface area (Å²) < 4.78 is 13.5. The smallest absolute Gasteiger partial charge is 0.144 e. The van der Waals surface area contributed by atoms with E-state index >= 15 is 0 Å². The summed E-state index contributed by atoms with van der Waals surface area (Å²) in [6.07, 6.45) is 5.79. The Hall–Kier alpha value is -6.82. The molecule has 2 aliphatic carbocycles. The Morgan fingerprint density at radius 1 is 0.292 bits per heavy atom. The molecular formula is C61H50O2P2+2. The monoisotopic (exact) mass is 876 g/mol. The quantitative estimate of drug-likeness (QED) is 0.0800. The zero-order valence-electron chi connectivity index (χ0n) is 36.2. The fourth-order valence-corrected chi connectivity index (χ4v) is 18.9. The maximum absolute atomic E-state index is 6.76. The van der Waals surface area contributed by atoms with Crippen LogP contribution in [0.1, 0.15) is 40.5 Å². The van der Waals surface area contributed by atoms with E-state index in [1.54, 1.807) is 0 Å². The molecule has 0 saturated carbocycles. The lowest BCUT2D eigenvalue weighted by Gasteiger charge is -2.27.